The van der Waals surface area contributed by atoms with E-state index in [1.165, 1.54) is 0 Å². The summed E-state index contributed by atoms with van der Waals surface area (Å²) >= 11 is 0. The molecule has 0 spiro atoms. The van der Waals surface area contributed by atoms with Gasteiger partial charge in [-0.25, -0.2) is 4.98 Å². The van der Waals surface area contributed by atoms with E-state index in [1.54, 1.807) is 6.20 Å². The number of ether oxygens (including phenoxy) is 1. The fourth-order valence-electron chi connectivity index (χ4n) is 2.36. The molecule has 0 atom stereocenters. The zero-order valence-corrected chi connectivity index (χ0v) is 10.5. The zero-order chi connectivity index (χ0) is 12.4. The van der Waals surface area contributed by atoms with E-state index in [4.69, 9.17) is 4.74 Å². The maximum Gasteiger partial charge on any atom is 0.152 e. The van der Waals surface area contributed by atoms with Gasteiger partial charge in [0.15, 0.2) is 5.82 Å². The van der Waals surface area contributed by atoms with Crippen LogP contribution in [0.25, 0.3) is 10.9 Å². The number of fused-ring (bicyclic) bond motifs is 1. The number of nitrogens with one attached hydrogen (secondary N) is 1. The SMILES string of the molecule is CCOC1CC(Nc2nccc3cccnc23)C1. The van der Waals surface area contributed by atoms with Crippen molar-refractivity contribution in [1.29, 1.82) is 0 Å². The summed E-state index contributed by atoms with van der Waals surface area (Å²) in [6.07, 6.45) is 6.15. The van der Waals surface area contributed by atoms with Crippen LogP contribution < -0.4 is 5.32 Å². The minimum absolute atomic E-state index is 0.412. The zero-order valence-electron chi connectivity index (χ0n) is 10.5. The minimum atomic E-state index is 0.412. The van der Waals surface area contributed by atoms with Crippen LogP contribution in [-0.2, 0) is 4.74 Å². The number of nitrogens with zero attached hydrogens (tertiary/aromatic N) is 2. The van der Waals surface area contributed by atoms with E-state index in [0.29, 0.717) is 12.1 Å². The van der Waals surface area contributed by atoms with Crippen molar-refractivity contribution >= 4 is 16.7 Å². The average Bonchev–Trinajstić information content (AvgIpc) is 2.37. The summed E-state index contributed by atoms with van der Waals surface area (Å²) in [6.45, 7) is 2.84. The van der Waals surface area contributed by atoms with Crippen LogP contribution in [0.5, 0.6) is 0 Å². The molecular weight excluding hydrogens is 226 g/mol. The van der Waals surface area contributed by atoms with Gasteiger partial charge in [-0.1, -0.05) is 6.07 Å². The van der Waals surface area contributed by atoms with Crippen LogP contribution in [0.3, 0.4) is 0 Å². The number of aromatic nitrogens is 2. The van der Waals surface area contributed by atoms with Gasteiger partial charge in [-0.3, -0.25) is 4.98 Å². The maximum atomic E-state index is 5.56. The van der Waals surface area contributed by atoms with E-state index in [-0.39, 0.29) is 0 Å². The van der Waals surface area contributed by atoms with Crippen molar-refractivity contribution < 1.29 is 4.74 Å². The normalized spacial score (nSPS) is 22.7. The Labute approximate surface area is 106 Å². The first-order valence-electron chi connectivity index (χ1n) is 6.44. The number of hydrogen-bond donors (Lipinski definition) is 1. The van der Waals surface area contributed by atoms with Crippen LogP contribution in [0.15, 0.2) is 30.6 Å². The molecule has 0 unspecified atom stereocenters. The Bertz CT molecular complexity index is 532. The Morgan fingerprint density at radius 3 is 3.00 bits per heavy atom. The quantitative estimate of drug-likeness (QED) is 0.896. The van der Waals surface area contributed by atoms with Crippen LogP contribution in [-0.4, -0.2) is 28.7 Å². The molecule has 4 heteroatoms. The molecule has 1 aliphatic carbocycles. The Kier molecular flexibility index (Phi) is 3.11. The first-order chi connectivity index (χ1) is 8.86. The second kappa shape index (κ2) is 4.90. The van der Waals surface area contributed by atoms with Crippen LogP contribution in [0.2, 0.25) is 0 Å². The van der Waals surface area contributed by atoms with Crippen molar-refractivity contribution in [3.05, 3.63) is 30.6 Å². The molecule has 0 aromatic carbocycles. The van der Waals surface area contributed by atoms with Crippen LogP contribution in [0.4, 0.5) is 5.82 Å². The Hall–Kier alpha value is -1.68. The molecule has 2 aromatic heterocycles. The van der Waals surface area contributed by atoms with Gasteiger partial charge in [0, 0.05) is 30.4 Å². The van der Waals surface area contributed by atoms with Gasteiger partial charge in [0.2, 0.25) is 0 Å². The van der Waals surface area contributed by atoms with Gasteiger partial charge in [-0.15, -0.1) is 0 Å². The molecule has 0 aliphatic heterocycles. The number of rotatable bonds is 4. The first kappa shape index (κ1) is 11.4. The van der Waals surface area contributed by atoms with Crippen molar-refractivity contribution in [3.8, 4) is 0 Å². The lowest BCUT2D eigenvalue weighted by Crippen LogP contribution is -2.41. The van der Waals surface area contributed by atoms with Gasteiger partial charge in [0.1, 0.15) is 5.52 Å². The predicted molar refractivity (Wildman–Crippen MR) is 71.6 cm³/mol. The van der Waals surface area contributed by atoms with Gasteiger partial charge >= 0.3 is 0 Å². The average molecular weight is 243 g/mol. The molecule has 4 nitrogen and oxygen atoms in total. The number of pyridine rings is 2. The summed E-state index contributed by atoms with van der Waals surface area (Å²) in [7, 11) is 0. The lowest BCUT2D eigenvalue weighted by atomic mass is 9.89. The highest BCUT2D eigenvalue weighted by molar-refractivity contribution is 5.87. The molecule has 1 aliphatic rings. The number of hydrogen-bond acceptors (Lipinski definition) is 4. The molecule has 3 rings (SSSR count). The highest BCUT2D eigenvalue weighted by atomic mass is 16.5. The Morgan fingerprint density at radius 1 is 1.28 bits per heavy atom. The molecule has 0 amide bonds. The minimum Gasteiger partial charge on any atom is -0.378 e. The van der Waals surface area contributed by atoms with E-state index >= 15 is 0 Å². The summed E-state index contributed by atoms with van der Waals surface area (Å²) in [5.74, 6) is 0.882. The summed E-state index contributed by atoms with van der Waals surface area (Å²) in [4.78, 5) is 8.78. The molecule has 1 saturated carbocycles. The highest BCUT2D eigenvalue weighted by Crippen LogP contribution is 2.28. The third-order valence-corrected chi connectivity index (χ3v) is 3.36. The van der Waals surface area contributed by atoms with Crippen molar-refractivity contribution in [2.75, 3.05) is 11.9 Å². The monoisotopic (exact) mass is 243 g/mol. The standard InChI is InChI=1S/C14H17N3O/c1-2-18-12-8-11(9-12)17-14-13-10(5-7-16-14)4-3-6-15-13/h3-7,11-12H,2,8-9H2,1H3,(H,16,17). The third-order valence-electron chi connectivity index (χ3n) is 3.36. The first-order valence-corrected chi connectivity index (χ1v) is 6.44. The van der Waals surface area contributed by atoms with Crippen molar-refractivity contribution in [1.82, 2.24) is 9.97 Å². The fourth-order valence-corrected chi connectivity index (χ4v) is 2.36. The highest BCUT2D eigenvalue weighted by Gasteiger charge is 2.29. The molecular formula is C14H17N3O. The Balaban J connectivity index is 1.72. The predicted octanol–water partition coefficient (Wildman–Crippen LogP) is 2.61. The summed E-state index contributed by atoms with van der Waals surface area (Å²) < 4.78 is 5.56. The van der Waals surface area contributed by atoms with Crippen LogP contribution in [0.1, 0.15) is 19.8 Å². The summed E-state index contributed by atoms with van der Waals surface area (Å²) in [5.41, 5.74) is 0.944. The molecule has 2 heterocycles. The topological polar surface area (TPSA) is 47.0 Å². The molecule has 1 fully saturated rings. The molecule has 2 aromatic rings. The third kappa shape index (κ3) is 2.16. The van der Waals surface area contributed by atoms with E-state index in [0.717, 1.165) is 36.2 Å². The van der Waals surface area contributed by atoms with E-state index < -0.39 is 0 Å². The molecule has 0 saturated heterocycles. The van der Waals surface area contributed by atoms with Crippen molar-refractivity contribution in [2.24, 2.45) is 0 Å². The largest absolute Gasteiger partial charge is 0.378 e. The lowest BCUT2D eigenvalue weighted by Gasteiger charge is -2.35. The molecule has 18 heavy (non-hydrogen) atoms. The fraction of sp³-hybridized carbons (Fsp3) is 0.429. The van der Waals surface area contributed by atoms with Crippen molar-refractivity contribution in [3.63, 3.8) is 0 Å². The van der Waals surface area contributed by atoms with Gasteiger partial charge in [-0.2, -0.15) is 0 Å². The maximum absolute atomic E-state index is 5.56. The molecule has 0 bridgehead atoms. The molecule has 1 N–H and O–H groups in total. The summed E-state index contributed by atoms with van der Waals surface area (Å²) in [5, 5.41) is 4.58. The summed E-state index contributed by atoms with van der Waals surface area (Å²) in [6, 6.07) is 6.44. The van der Waals surface area contributed by atoms with Crippen LogP contribution in [0, 0.1) is 0 Å². The van der Waals surface area contributed by atoms with Gasteiger partial charge < -0.3 is 10.1 Å². The smallest absolute Gasteiger partial charge is 0.152 e. The van der Waals surface area contributed by atoms with E-state index in [2.05, 4.69) is 21.4 Å². The van der Waals surface area contributed by atoms with Crippen molar-refractivity contribution in [2.45, 2.75) is 31.9 Å². The van der Waals surface area contributed by atoms with E-state index in [1.807, 2.05) is 25.3 Å². The lowest BCUT2D eigenvalue weighted by molar-refractivity contribution is 0.00295. The van der Waals surface area contributed by atoms with E-state index in [9.17, 15) is 0 Å². The number of anilines is 1. The molecule has 0 radical (unpaired) electrons. The van der Waals surface area contributed by atoms with Crippen LogP contribution >= 0.6 is 0 Å². The Morgan fingerprint density at radius 2 is 2.17 bits per heavy atom. The van der Waals surface area contributed by atoms with Gasteiger partial charge in [0.25, 0.3) is 0 Å². The second-order valence-electron chi connectivity index (χ2n) is 4.62. The molecule has 94 valence electrons. The second-order valence-corrected chi connectivity index (χ2v) is 4.62. The van der Waals surface area contributed by atoms with Gasteiger partial charge in [0.05, 0.1) is 6.10 Å². The van der Waals surface area contributed by atoms with Gasteiger partial charge in [-0.05, 0) is 31.9 Å².